The molecule has 0 radical (unpaired) electrons. The van der Waals surface area contributed by atoms with Crippen molar-refractivity contribution in [3.8, 4) is 16.9 Å². The fraction of sp³-hybridized carbons (Fsp3) is 0.541. The van der Waals surface area contributed by atoms with Gasteiger partial charge in [0.1, 0.15) is 11.6 Å². The molecular formula is C37H54N4O2. The zero-order valence-electron chi connectivity index (χ0n) is 28.6. The third-order valence-corrected chi connectivity index (χ3v) is 8.11. The fourth-order valence-electron chi connectivity index (χ4n) is 5.28. The van der Waals surface area contributed by atoms with Crippen LogP contribution in [0.1, 0.15) is 99.4 Å². The van der Waals surface area contributed by atoms with Crippen LogP contribution in [-0.2, 0) is 11.2 Å². The van der Waals surface area contributed by atoms with Crippen molar-refractivity contribution in [2.75, 3.05) is 20.3 Å². The second-order valence-electron chi connectivity index (χ2n) is 13.3. The van der Waals surface area contributed by atoms with Gasteiger partial charge in [0.05, 0.1) is 18.7 Å². The highest BCUT2D eigenvalue weighted by Gasteiger charge is 2.28. The van der Waals surface area contributed by atoms with Gasteiger partial charge in [0.25, 0.3) is 0 Å². The molecule has 0 fully saturated rings. The Morgan fingerprint density at radius 3 is 2.49 bits per heavy atom. The molecule has 234 valence electrons. The van der Waals surface area contributed by atoms with E-state index in [-0.39, 0.29) is 0 Å². The van der Waals surface area contributed by atoms with Crippen LogP contribution in [-0.4, -0.2) is 41.0 Å². The molecule has 0 saturated heterocycles. The predicted octanol–water partition coefficient (Wildman–Crippen LogP) is 9.83. The number of rotatable bonds is 10. The van der Waals surface area contributed by atoms with E-state index in [9.17, 15) is 0 Å². The maximum atomic E-state index is 5.97. The van der Waals surface area contributed by atoms with E-state index in [0.717, 1.165) is 71.9 Å². The highest BCUT2D eigenvalue weighted by atomic mass is 16.5. The number of imidazole rings is 1. The first-order valence-electron chi connectivity index (χ1n) is 15.8. The molecule has 0 atom stereocenters. The average Bonchev–Trinajstić information content (AvgIpc) is 3.33. The number of aromatic nitrogens is 3. The topological polar surface area (TPSA) is 72.4 Å². The van der Waals surface area contributed by atoms with Crippen LogP contribution in [0, 0.1) is 18.3 Å². The van der Waals surface area contributed by atoms with Crippen LogP contribution in [0.25, 0.3) is 22.3 Å². The summed E-state index contributed by atoms with van der Waals surface area (Å²) in [6.07, 6.45) is 7.33. The Kier molecular flexibility index (Phi) is 12.3. The van der Waals surface area contributed by atoms with Crippen molar-refractivity contribution in [1.29, 1.82) is 0 Å². The average molecular weight is 587 g/mol. The first kappa shape index (κ1) is 34.2. The SMILES string of the molecule is CCc1cc(-c2cnc3nc(C)[nH]c3c2)ccc1OCCC(C)C.COCC(C)=NC1=C(C(C)=C(C)C)CC(C)(C)CC1. The molecule has 6 heteroatoms. The minimum absolute atomic E-state index is 0.389. The standard InChI is InChI=1S/C20H25N3O.C17H29NO/c1-5-15-10-16(6-7-19(15)24-9-8-13(2)3)17-11-18-20(21-12-17)23-14(4)22-18;1-12(2)14(4)15-10-17(5,6)9-8-16(15)18-13(3)11-19-7/h6-7,10-13H,5,8-9H2,1-4H3,(H,21,22,23);8-11H2,1-7H3. The molecule has 2 aromatic heterocycles. The third kappa shape index (κ3) is 9.89. The first-order chi connectivity index (χ1) is 20.3. The lowest BCUT2D eigenvalue weighted by Gasteiger charge is -2.33. The summed E-state index contributed by atoms with van der Waals surface area (Å²) in [5, 5.41) is 0. The summed E-state index contributed by atoms with van der Waals surface area (Å²) >= 11 is 0. The van der Waals surface area contributed by atoms with Gasteiger partial charge in [0.15, 0.2) is 5.65 Å². The molecular weight excluding hydrogens is 532 g/mol. The second kappa shape index (κ2) is 15.5. The largest absolute Gasteiger partial charge is 0.493 e. The highest BCUT2D eigenvalue weighted by molar-refractivity contribution is 5.84. The van der Waals surface area contributed by atoms with Crippen LogP contribution in [0.5, 0.6) is 5.75 Å². The number of aryl methyl sites for hydroxylation is 2. The zero-order valence-corrected chi connectivity index (χ0v) is 28.6. The van der Waals surface area contributed by atoms with Gasteiger partial charge in [0, 0.05) is 30.3 Å². The number of fused-ring (bicyclic) bond motifs is 1. The van der Waals surface area contributed by atoms with Crippen LogP contribution in [0.15, 0.2) is 57.9 Å². The molecule has 0 saturated carbocycles. The third-order valence-electron chi connectivity index (χ3n) is 8.11. The number of ether oxygens (including phenoxy) is 2. The van der Waals surface area contributed by atoms with E-state index in [4.69, 9.17) is 14.5 Å². The van der Waals surface area contributed by atoms with Crippen LogP contribution >= 0.6 is 0 Å². The highest BCUT2D eigenvalue weighted by Crippen LogP contribution is 2.42. The smallest absolute Gasteiger partial charge is 0.177 e. The lowest BCUT2D eigenvalue weighted by atomic mass is 9.74. The zero-order chi connectivity index (χ0) is 31.7. The van der Waals surface area contributed by atoms with E-state index in [1.165, 1.54) is 34.4 Å². The summed E-state index contributed by atoms with van der Waals surface area (Å²) in [5.41, 5.74) is 12.2. The number of benzene rings is 1. The van der Waals surface area contributed by atoms with Crippen molar-refractivity contribution >= 4 is 16.9 Å². The Morgan fingerprint density at radius 2 is 1.84 bits per heavy atom. The monoisotopic (exact) mass is 586 g/mol. The normalized spacial score (nSPS) is 15.0. The first-order valence-corrected chi connectivity index (χ1v) is 15.8. The predicted molar refractivity (Wildman–Crippen MR) is 182 cm³/mol. The van der Waals surface area contributed by atoms with Crippen molar-refractivity contribution in [1.82, 2.24) is 15.0 Å². The van der Waals surface area contributed by atoms with E-state index in [1.54, 1.807) is 7.11 Å². The molecule has 0 amide bonds. The molecule has 0 unspecified atom stereocenters. The molecule has 0 spiro atoms. The Bertz CT molecular complexity index is 1470. The molecule has 3 aromatic rings. The number of methoxy groups -OCH3 is 1. The Hall–Kier alpha value is -3.25. The van der Waals surface area contributed by atoms with Gasteiger partial charge in [-0.3, -0.25) is 4.99 Å². The number of nitrogens with zero attached hydrogens (tertiary/aromatic N) is 3. The Balaban J connectivity index is 0.000000243. The molecule has 4 rings (SSSR count). The lowest BCUT2D eigenvalue weighted by molar-refractivity contribution is 0.244. The molecule has 6 nitrogen and oxygen atoms in total. The summed E-state index contributed by atoms with van der Waals surface area (Å²) in [6.45, 7) is 23.3. The summed E-state index contributed by atoms with van der Waals surface area (Å²) in [6, 6.07) is 8.50. The van der Waals surface area contributed by atoms with Crippen molar-refractivity contribution in [2.24, 2.45) is 16.3 Å². The van der Waals surface area contributed by atoms with Crippen LogP contribution in [0.4, 0.5) is 0 Å². The number of hydrogen-bond donors (Lipinski definition) is 1. The molecule has 1 aromatic carbocycles. The Morgan fingerprint density at radius 1 is 1.09 bits per heavy atom. The Labute approximate surface area is 260 Å². The number of nitrogens with one attached hydrogen (secondary N) is 1. The summed E-state index contributed by atoms with van der Waals surface area (Å²) in [5.74, 6) is 2.54. The van der Waals surface area contributed by atoms with Crippen molar-refractivity contribution in [3.63, 3.8) is 0 Å². The van der Waals surface area contributed by atoms with Gasteiger partial charge in [-0.25, -0.2) is 9.97 Å². The summed E-state index contributed by atoms with van der Waals surface area (Å²) < 4.78 is 11.1. The van der Waals surface area contributed by atoms with Crippen LogP contribution in [0.2, 0.25) is 0 Å². The maximum absolute atomic E-state index is 5.97. The number of aliphatic imine (C=N–C) groups is 1. The molecule has 1 N–H and O–H groups in total. The van der Waals surface area contributed by atoms with Crippen LogP contribution in [0.3, 0.4) is 0 Å². The van der Waals surface area contributed by atoms with Crippen molar-refractivity contribution in [2.45, 2.75) is 101 Å². The van der Waals surface area contributed by atoms with Gasteiger partial charge in [-0.15, -0.1) is 0 Å². The molecule has 0 aliphatic heterocycles. The minimum atomic E-state index is 0.389. The molecule has 43 heavy (non-hydrogen) atoms. The van der Waals surface area contributed by atoms with E-state index in [1.807, 2.05) is 20.0 Å². The molecule has 1 aliphatic rings. The molecule has 1 aliphatic carbocycles. The maximum Gasteiger partial charge on any atom is 0.177 e. The van der Waals surface area contributed by atoms with Gasteiger partial charge >= 0.3 is 0 Å². The van der Waals surface area contributed by atoms with Gasteiger partial charge in [-0.1, -0.05) is 46.3 Å². The fourth-order valence-corrected chi connectivity index (χ4v) is 5.28. The number of hydrogen-bond acceptors (Lipinski definition) is 5. The van der Waals surface area contributed by atoms with E-state index in [2.05, 4.69) is 94.6 Å². The van der Waals surface area contributed by atoms with Gasteiger partial charge < -0.3 is 14.5 Å². The number of pyridine rings is 1. The van der Waals surface area contributed by atoms with Gasteiger partial charge in [-0.2, -0.15) is 0 Å². The van der Waals surface area contributed by atoms with Gasteiger partial charge in [-0.05, 0) is 119 Å². The van der Waals surface area contributed by atoms with Gasteiger partial charge in [0.2, 0.25) is 0 Å². The van der Waals surface area contributed by atoms with Crippen LogP contribution < -0.4 is 4.74 Å². The van der Waals surface area contributed by atoms with E-state index < -0.39 is 0 Å². The second-order valence-corrected chi connectivity index (χ2v) is 13.3. The summed E-state index contributed by atoms with van der Waals surface area (Å²) in [7, 11) is 1.72. The van der Waals surface area contributed by atoms with E-state index in [0.29, 0.717) is 17.9 Å². The number of H-pyrrole nitrogens is 1. The number of aromatic amines is 1. The van der Waals surface area contributed by atoms with Crippen molar-refractivity contribution in [3.05, 3.63) is 64.3 Å². The molecule has 2 heterocycles. The molecule has 0 bridgehead atoms. The van der Waals surface area contributed by atoms with Crippen molar-refractivity contribution < 1.29 is 9.47 Å². The minimum Gasteiger partial charge on any atom is -0.493 e. The van der Waals surface area contributed by atoms with E-state index >= 15 is 0 Å². The summed E-state index contributed by atoms with van der Waals surface area (Å²) in [4.78, 5) is 16.9. The lowest BCUT2D eigenvalue weighted by Crippen LogP contribution is -2.19. The number of allylic oxidation sites excluding steroid dienone is 4. The quantitative estimate of drug-likeness (QED) is 0.240.